The van der Waals surface area contributed by atoms with Gasteiger partial charge < -0.3 is 10.1 Å². The van der Waals surface area contributed by atoms with Crippen LogP contribution in [0.2, 0.25) is 4.34 Å². The summed E-state index contributed by atoms with van der Waals surface area (Å²) in [6.45, 7) is 0.865. The van der Waals surface area contributed by atoms with Crippen LogP contribution in [0.25, 0.3) is 0 Å². The van der Waals surface area contributed by atoms with Crippen LogP contribution < -0.4 is 10.1 Å². The SMILES string of the molecule is COc1cc(NCCc2ccc(Cl)s2)ccn1. The molecule has 0 atom stereocenters. The Morgan fingerprint density at radius 3 is 3.00 bits per heavy atom. The number of hydrogen-bond acceptors (Lipinski definition) is 4. The predicted octanol–water partition coefficient (Wildman–Crippen LogP) is 3.46. The molecule has 0 amide bonds. The first-order valence-electron chi connectivity index (χ1n) is 5.26. The van der Waals surface area contributed by atoms with Crippen LogP contribution in [0.1, 0.15) is 4.88 Å². The summed E-state index contributed by atoms with van der Waals surface area (Å²) >= 11 is 7.49. The Morgan fingerprint density at radius 2 is 2.29 bits per heavy atom. The maximum absolute atomic E-state index is 5.87. The zero-order valence-corrected chi connectivity index (χ0v) is 11.0. The summed E-state index contributed by atoms with van der Waals surface area (Å²) in [4.78, 5) is 5.33. The van der Waals surface area contributed by atoms with Crippen LogP contribution in [-0.2, 0) is 6.42 Å². The lowest BCUT2D eigenvalue weighted by Crippen LogP contribution is -2.04. The van der Waals surface area contributed by atoms with E-state index < -0.39 is 0 Å². The van der Waals surface area contributed by atoms with Crippen molar-refractivity contribution in [2.45, 2.75) is 6.42 Å². The van der Waals surface area contributed by atoms with Crippen molar-refractivity contribution in [3.63, 3.8) is 0 Å². The molecule has 5 heteroatoms. The molecule has 3 nitrogen and oxygen atoms in total. The molecule has 2 heterocycles. The maximum Gasteiger partial charge on any atom is 0.214 e. The molecule has 2 rings (SSSR count). The zero-order valence-electron chi connectivity index (χ0n) is 9.44. The van der Waals surface area contributed by atoms with Gasteiger partial charge in [0.1, 0.15) is 0 Å². The second-order valence-electron chi connectivity index (χ2n) is 3.47. The number of aromatic nitrogens is 1. The molecule has 0 bridgehead atoms. The van der Waals surface area contributed by atoms with Crippen LogP contribution in [0.4, 0.5) is 5.69 Å². The van der Waals surface area contributed by atoms with Gasteiger partial charge in [-0.25, -0.2) is 4.98 Å². The van der Waals surface area contributed by atoms with Crippen molar-refractivity contribution in [1.29, 1.82) is 0 Å². The second-order valence-corrected chi connectivity index (χ2v) is 5.27. The highest BCUT2D eigenvalue weighted by Crippen LogP contribution is 2.22. The summed E-state index contributed by atoms with van der Waals surface area (Å²) in [6, 6.07) is 7.78. The van der Waals surface area contributed by atoms with Gasteiger partial charge in [0.25, 0.3) is 0 Å². The molecule has 0 fully saturated rings. The molecule has 2 aromatic rings. The molecule has 0 radical (unpaired) electrons. The van der Waals surface area contributed by atoms with E-state index in [0.29, 0.717) is 5.88 Å². The molecule has 2 aromatic heterocycles. The highest BCUT2D eigenvalue weighted by atomic mass is 35.5. The summed E-state index contributed by atoms with van der Waals surface area (Å²) < 4.78 is 5.89. The van der Waals surface area contributed by atoms with E-state index in [1.807, 2.05) is 18.2 Å². The minimum atomic E-state index is 0.620. The minimum absolute atomic E-state index is 0.620. The van der Waals surface area contributed by atoms with Crippen LogP contribution in [0.3, 0.4) is 0 Å². The van der Waals surface area contributed by atoms with Crippen molar-refractivity contribution >= 4 is 28.6 Å². The maximum atomic E-state index is 5.87. The summed E-state index contributed by atoms with van der Waals surface area (Å²) in [5.74, 6) is 0.620. The molecule has 1 N–H and O–H groups in total. The lowest BCUT2D eigenvalue weighted by atomic mass is 10.3. The number of nitrogens with one attached hydrogen (secondary N) is 1. The highest BCUT2D eigenvalue weighted by molar-refractivity contribution is 7.16. The summed E-state index contributed by atoms with van der Waals surface area (Å²) in [5, 5.41) is 3.32. The van der Waals surface area contributed by atoms with Gasteiger partial charge in [-0.3, -0.25) is 0 Å². The van der Waals surface area contributed by atoms with Gasteiger partial charge >= 0.3 is 0 Å². The monoisotopic (exact) mass is 268 g/mol. The fourth-order valence-electron chi connectivity index (χ4n) is 1.45. The van der Waals surface area contributed by atoms with Crippen LogP contribution in [-0.4, -0.2) is 18.6 Å². The van der Waals surface area contributed by atoms with Gasteiger partial charge in [-0.15, -0.1) is 11.3 Å². The number of ether oxygens (including phenoxy) is 1. The molecule has 0 spiro atoms. The van der Waals surface area contributed by atoms with Crippen molar-refractivity contribution in [3.05, 3.63) is 39.7 Å². The van der Waals surface area contributed by atoms with Crippen LogP contribution >= 0.6 is 22.9 Å². The molecule has 0 unspecified atom stereocenters. The van der Waals surface area contributed by atoms with E-state index in [2.05, 4.69) is 16.4 Å². The first kappa shape index (κ1) is 12.2. The molecule has 0 aromatic carbocycles. The molecule has 0 aliphatic carbocycles. The number of nitrogens with zero attached hydrogens (tertiary/aromatic N) is 1. The summed E-state index contributed by atoms with van der Waals surface area (Å²) in [5.41, 5.74) is 1.01. The topological polar surface area (TPSA) is 34.1 Å². The van der Waals surface area contributed by atoms with Crippen molar-refractivity contribution in [1.82, 2.24) is 4.98 Å². The number of rotatable bonds is 5. The van der Waals surface area contributed by atoms with E-state index in [1.54, 1.807) is 24.6 Å². The Balaban J connectivity index is 1.85. The Labute approximate surface area is 109 Å². The van der Waals surface area contributed by atoms with Crippen molar-refractivity contribution in [2.75, 3.05) is 19.0 Å². The number of halogens is 1. The lowest BCUT2D eigenvalue weighted by molar-refractivity contribution is 0.398. The summed E-state index contributed by atoms with van der Waals surface area (Å²) in [6.07, 6.45) is 2.69. The average Bonchev–Trinajstić information content (AvgIpc) is 2.75. The van der Waals surface area contributed by atoms with Gasteiger partial charge in [-0.05, 0) is 24.6 Å². The van der Waals surface area contributed by atoms with E-state index in [-0.39, 0.29) is 0 Å². The fourth-order valence-corrected chi connectivity index (χ4v) is 2.53. The van der Waals surface area contributed by atoms with Crippen molar-refractivity contribution in [3.8, 4) is 5.88 Å². The van der Waals surface area contributed by atoms with E-state index in [1.165, 1.54) is 4.88 Å². The smallest absolute Gasteiger partial charge is 0.214 e. The molecular formula is C12H13ClN2OS. The van der Waals surface area contributed by atoms with Crippen LogP contribution in [0, 0.1) is 0 Å². The normalized spacial score (nSPS) is 10.2. The van der Waals surface area contributed by atoms with Gasteiger partial charge in [0, 0.05) is 29.4 Å². The van der Waals surface area contributed by atoms with Crippen molar-refractivity contribution < 1.29 is 4.74 Å². The van der Waals surface area contributed by atoms with Gasteiger partial charge in [0.2, 0.25) is 5.88 Å². The van der Waals surface area contributed by atoms with Gasteiger partial charge in [-0.2, -0.15) is 0 Å². The van der Waals surface area contributed by atoms with Gasteiger partial charge in [0.05, 0.1) is 11.4 Å². The minimum Gasteiger partial charge on any atom is -0.481 e. The molecular weight excluding hydrogens is 256 g/mol. The standard InChI is InChI=1S/C12H13ClN2OS/c1-16-12-8-9(4-6-15-12)14-7-5-10-2-3-11(13)17-10/h2-4,6,8H,5,7H2,1H3,(H,14,15). The number of anilines is 1. The predicted molar refractivity (Wildman–Crippen MR) is 72.3 cm³/mol. The lowest BCUT2D eigenvalue weighted by Gasteiger charge is -2.06. The van der Waals surface area contributed by atoms with Gasteiger partial charge in [0.15, 0.2) is 0 Å². The summed E-state index contributed by atoms with van der Waals surface area (Å²) in [7, 11) is 1.61. The molecule has 0 aliphatic rings. The number of thiophene rings is 1. The second kappa shape index (κ2) is 5.89. The highest BCUT2D eigenvalue weighted by Gasteiger charge is 1.99. The first-order chi connectivity index (χ1) is 8.28. The molecule has 90 valence electrons. The van der Waals surface area contributed by atoms with E-state index >= 15 is 0 Å². The number of pyridine rings is 1. The Kier molecular flexibility index (Phi) is 4.23. The van der Waals surface area contributed by atoms with E-state index in [9.17, 15) is 0 Å². The fraction of sp³-hybridized carbons (Fsp3) is 0.250. The Hall–Kier alpha value is -1.26. The zero-order chi connectivity index (χ0) is 12.1. The average molecular weight is 269 g/mol. The number of hydrogen-bond donors (Lipinski definition) is 1. The first-order valence-corrected chi connectivity index (χ1v) is 6.45. The number of methoxy groups -OCH3 is 1. The molecule has 0 saturated carbocycles. The quantitative estimate of drug-likeness (QED) is 0.902. The van der Waals surface area contributed by atoms with Crippen LogP contribution in [0.5, 0.6) is 5.88 Å². The third kappa shape index (κ3) is 3.61. The van der Waals surface area contributed by atoms with Gasteiger partial charge in [-0.1, -0.05) is 11.6 Å². The molecule has 0 saturated heterocycles. The third-order valence-electron chi connectivity index (χ3n) is 2.27. The molecule has 17 heavy (non-hydrogen) atoms. The van der Waals surface area contributed by atoms with E-state index in [0.717, 1.165) is 23.0 Å². The van der Waals surface area contributed by atoms with Crippen LogP contribution in [0.15, 0.2) is 30.5 Å². The van der Waals surface area contributed by atoms with E-state index in [4.69, 9.17) is 16.3 Å². The largest absolute Gasteiger partial charge is 0.481 e. The molecule has 0 aliphatic heterocycles. The third-order valence-corrected chi connectivity index (χ3v) is 3.56. The Bertz CT molecular complexity index is 487. The Morgan fingerprint density at radius 1 is 1.41 bits per heavy atom. The van der Waals surface area contributed by atoms with Crippen molar-refractivity contribution in [2.24, 2.45) is 0 Å².